The van der Waals surface area contributed by atoms with Gasteiger partial charge in [0.05, 0.1) is 11.9 Å². The average molecular weight is 450 g/mol. The number of aryl methyl sites for hydroxylation is 1. The molecule has 1 aromatic carbocycles. The predicted molar refractivity (Wildman–Crippen MR) is 114 cm³/mol. The van der Waals surface area contributed by atoms with E-state index in [1.54, 1.807) is 0 Å². The summed E-state index contributed by atoms with van der Waals surface area (Å²) >= 11 is 0. The van der Waals surface area contributed by atoms with Crippen LogP contribution in [0.15, 0.2) is 30.5 Å². The van der Waals surface area contributed by atoms with Crippen LogP contribution in [0.3, 0.4) is 0 Å². The van der Waals surface area contributed by atoms with Crippen LogP contribution in [0, 0.1) is 19.2 Å². The normalized spacial score (nSPS) is 16.1. The molecule has 1 aliphatic heterocycles. The predicted octanol–water partition coefficient (Wildman–Crippen LogP) is 2.36. The van der Waals surface area contributed by atoms with Crippen LogP contribution in [0.2, 0.25) is 0 Å². The van der Waals surface area contributed by atoms with Crippen molar-refractivity contribution >= 4 is 30.1 Å². The maximum absolute atomic E-state index is 14.2. The fraction of sp³-hybridized carbons (Fsp3) is 0.286. The molecule has 3 rings (SSSR count). The van der Waals surface area contributed by atoms with Crippen LogP contribution in [0.5, 0.6) is 5.75 Å². The van der Waals surface area contributed by atoms with Crippen molar-refractivity contribution in [3.63, 3.8) is 0 Å². The molecule has 1 radical (unpaired) electrons. The lowest BCUT2D eigenvalue weighted by atomic mass is 10.0. The van der Waals surface area contributed by atoms with E-state index in [0.29, 0.717) is 31.5 Å². The van der Waals surface area contributed by atoms with Crippen LogP contribution in [-0.4, -0.2) is 51.8 Å². The van der Waals surface area contributed by atoms with Gasteiger partial charge in [-0.25, -0.2) is 9.18 Å². The zero-order valence-electron chi connectivity index (χ0n) is 16.8. The molecule has 2 heterocycles. The number of primary amides is 1. The van der Waals surface area contributed by atoms with Gasteiger partial charge in [0.2, 0.25) is 0 Å². The van der Waals surface area contributed by atoms with Crippen molar-refractivity contribution < 1.29 is 23.9 Å². The van der Waals surface area contributed by atoms with E-state index in [-0.39, 0.29) is 35.6 Å². The van der Waals surface area contributed by atoms with Gasteiger partial charge in [0.25, 0.3) is 5.91 Å². The van der Waals surface area contributed by atoms with Crippen molar-refractivity contribution in [3.05, 3.63) is 65.1 Å². The van der Waals surface area contributed by atoms with Crippen molar-refractivity contribution in [1.82, 2.24) is 15.2 Å². The summed E-state index contributed by atoms with van der Waals surface area (Å²) in [7, 11) is 0. The second-order valence-corrected chi connectivity index (χ2v) is 7.07. The summed E-state index contributed by atoms with van der Waals surface area (Å²) in [5.74, 6) is -2.46. The third-order valence-corrected chi connectivity index (χ3v) is 4.99. The summed E-state index contributed by atoms with van der Waals surface area (Å²) in [6, 6.07) is 5.00. The number of aromatic hydroxyl groups is 1. The topological polar surface area (TPSA) is 126 Å². The molecule has 1 atom stereocenters. The molecule has 0 aliphatic carbocycles. The Morgan fingerprint density at radius 2 is 1.87 bits per heavy atom. The largest absolute Gasteiger partial charge is 0.505 e. The van der Waals surface area contributed by atoms with Gasteiger partial charge in [0.1, 0.15) is 11.3 Å². The van der Waals surface area contributed by atoms with Crippen LogP contribution in [0.4, 0.5) is 9.18 Å². The summed E-state index contributed by atoms with van der Waals surface area (Å²) in [6.45, 7) is 2.28. The number of benzene rings is 1. The molecular weight excluding hydrogens is 427 g/mol. The van der Waals surface area contributed by atoms with Gasteiger partial charge in [-0.05, 0) is 31.9 Å². The van der Waals surface area contributed by atoms with Crippen LogP contribution in [-0.2, 0) is 0 Å². The van der Waals surface area contributed by atoms with Gasteiger partial charge in [-0.15, -0.1) is 12.4 Å². The molecule has 0 spiro atoms. The molecule has 0 unspecified atom stereocenters. The van der Waals surface area contributed by atoms with Crippen molar-refractivity contribution in [2.45, 2.75) is 25.8 Å². The van der Waals surface area contributed by atoms with Gasteiger partial charge >= 0.3 is 6.03 Å². The third kappa shape index (κ3) is 5.49. The zero-order chi connectivity index (χ0) is 21.8. The van der Waals surface area contributed by atoms with E-state index in [1.165, 1.54) is 36.1 Å². The number of urea groups is 1. The molecule has 4 N–H and O–H groups in total. The van der Waals surface area contributed by atoms with Crippen LogP contribution >= 0.6 is 12.4 Å². The van der Waals surface area contributed by atoms with E-state index < -0.39 is 28.9 Å². The number of hydrogen-bond acceptors (Lipinski definition) is 5. The fourth-order valence-corrected chi connectivity index (χ4v) is 3.25. The lowest BCUT2D eigenvalue weighted by Gasteiger charge is -2.18. The van der Waals surface area contributed by atoms with E-state index in [4.69, 9.17) is 5.73 Å². The average Bonchev–Trinajstić information content (AvgIpc) is 2.97. The fourth-order valence-electron chi connectivity index (χ4n) is 3.25. The van der Waals surface area contributed by atoms with E-state index in [0.717, 1.165) is 6.20 Å². The van der Waals surface area contributed by atoms with Crippen molar-refractivity contribution in [1.29, 1.82) is 0 Å². The van der Waals surface area contributed by atoms with Crippen molar-refractivity contribution in [2.24, 2.45) is 5.73 Å². The second kappa shape index (κ2) is 10.2. The zero-order valence-corrected chi connectivity index (χ0v) is 17.6. The Kier molecular flexibility index (Phi) is 7.93. The second-order valence-electron chi connectivity index (χ2n) is 7.07. The molecule has 1 aromatic heterocycles. The first-order valence-corrected chi connectivity index (χ1v) is 9.45. The number of nitrogens with two attached hydrogens (primary N) is 1. The Morgan fingerprint density at radius 3 is 2.52 bits per heavy atom. The van der Waals surface area contributed by atoms with Gasteiger partial charge in [-0.2, -0.15) is 0 Å². The van der Waals surface area contributed by atoms with Gasteiger partial charge < -0.3 is 21.1 Å². The number of hydrogen-bond donors (Lipinski definition) is 3. The molecule has 8 nitrogen and oxygen atoms in total. The molecule has 165 valence electrons. The molecule has 0 saturated carbocycles. The van der Waals surface area contributed by atoms with Crippen LogP contribution in [0.1, 0.15) is 44.8 Å². The number of aromatic nitrogens is 1. The number of likely N-dealkylation sites (tertiary alicyclic amines) is 1. The van der Waals surface area contributed by atoms with Crippen molar-refractivity contribution in [3.8, 4) is 5.75 Å². The third-order valence-electron chi connectivity index (χ3n) is 4.99. The van der Waals surface area contributed by atoms with E-state index in [1.807, 2.05) is 6.42 Å². The monoisotopic (exact) mass is 449 g/mol. The Hall–Kier alpha value is -3.20. The Balaban J connectivity index is 0.00000341. The lowest BCUT2D eigenvalue weighted by Crippen LogP contribution is -2.39. The minimum Gasteiger partial charge on any atom is -0.505 e. The molecule has 1 saturated heterocycles. The lowest BCUT2D eigenvalue weighted by molar-refractivity contribution is 0.0939. The summed E-state index contributed by atoms with van der Waals surface area (Å²) in [5, 5.41) is 12.7. The highest BCUT2D eigenvalue weighted by atomic mass is 35.5. The van der Waals surface area contributed by atoms with E-state index in [2.05, 4.69) is 10.3 Å². The first kappa shape index (κ1) is 24.1. The number of amides is 3. The summed E-state index contributed by atoms with van der Waals surface area (Å²) in [4.78, 5) is 41.5. The number of nitrogens with one attached hydrogen (secondary N) is 1. The molecule has 10 heteroatoms. The summed E-state index contributed by atoms with van der Waals surface area (Å²) < 4.78 is 14.2. The maximum Gasteiger partial charge on any atom is 0.314 e. The smallest absolute Gasteiger partial charge is 0.314 e. The Morgan fingerprint density at radius 1 is 1.23 bits per heavy atom. The van der Waals surface area contributed by atoms with Crippen LogP contribution in [0.25, 0.3) is 0 Å². The highest BCUT2D eigenvalue weighted by Crippen LogP contribution is 2.24. The first-order valence-electron chi connectivity index (χ1n) is 9.45. The number of ketones is 1. The first-order chi connectivity index (χ1) is 14.3. The number of halogens is 2. The number of carbonyl (C=O) groups is 3. The van der Waals surface area contributed by atoms with Gasteiger partial charge in [0.15, 0.2) is 11.6 Å². The van der Waals surface area contributed by atoms with Gasteiger partial charge in [-0.1, -0.05) is 12.1 Å². The minimum atomic E-state index is -0.879. The van der Waals surface area contributed by atoms with Crippen molar-refractivity contribution in [2.75, 3.05) is 13.1 Å². The highest BCUT2D eigenvalue weighted by molar-refractivity contribution is 6.11. The molecular formula is C21H23ClFN4O4. The Bertz CT molecular complexity index is 984. The summed E-state index contributed by atoms with van der Waals surface area (Å²) in [6.07, 6.45) is 4.23. The number of nitrogens with zero attached hydrogens (tertiary/aromatic N) is 2. The SMILES string of the molecule is Cc1ncc(O)c(C(=O)c2ccc(C(=O)N[C@@H]3[CH]CN(C(N)=O)CCC3)cc2)c1F.Cl. The molecule has 3 amide bonds. The van der Waals surface area contributed by atoms with E-state index in [9.17, 15) is 23.9 Å². The van der Waals surface area contributed by atoms with E-state index >= 15 is 0 Å². The molecule has 2 aromatic rings. The highest BCUT2D eigenvalue weighted by Gasteiger charge is 2.23. The Labute approximate surface area is 185 Å². The number of carbonyl (C=O) groups excluding carboxylic acids is 3. The van der Waals surface area contributed by atoms with Gasteiger partial charge in [0, 0.05) is 36.7 Å². The molecule has 0 bridgehead atoms. The minimum absolute atomic E-state index is 0. The number of rotatable bonds is 4. The standard InChI is InChI=1S/C21H22FN4O4.ClH/c1-12-18(22)17(16(27)11-24-12)19(28)13-4-6-14(7-5-13)20(29)25-15-3-2-9-26(10-8-15)21(23)30;/h4-8,11,15,27H,2-3,9-10H2,1H3,(H2,23,30)(H,25,29);1H/t15-;/m0./s1. The van der Waals surface area contributed by atoms with Crippen LogP contribution < -0.4 is 11.1 Å². The quantitative estimate of drug-likeness (QED) is 0.618. The summed E-state index contributed by atoms with van der Waals surface area (Å²) in [5.41, 5.74) is 5.30. The molecule has 31 heavy (non-hydrogen) atoms. The van der Waals surface area contributed by atoms with Gasteiger partial charge in [-0.3, -0.25) is 14.6 Å². The molecule has 1 aliphatic rings. The molecule has 1 fully saturated rings. The maximum atomic E-state index is 14.2. The number of pyridine rings is 1.